The quantitative estimate of drug-likeness (QED) is 0.503. The maximum absolute atomic E-state index is 11.2. The van der Waals surface area contributed by atoms with Crippen LogP contribution in [-0.2, 0) is 7.05 Å². The average Bonchev–Trinajstić information content (AvgIpc) is 2.64. The van der Waals surface area contributed by atoms with E-state index in [1.165, 1.54) is 12.1 Å². The second-order valence-electron chi connectivity index (χ2n) is 4.28. The van der Waals surface area contributed by atoms with E-state index < -0.39 is 4.92 Å². The third-order valence-electron chi connectivity index (χ3n) is 2.99. The summed E-state index contributed by atoms with van der Waals surface area (Å²) in [6, 6.07) is 4.65. The molecular weight excluding hydrogens is 262 g/mol. The number of nitrogens with one attached hydrogen (secondary N) is 1. The number of aryl methyl sites for hydroxylation is 2. The number of hydrogen-bond donors (Lipinski definition) is 2. The van der Waals surface area contributed by atoms with Gasteiger partial charge in [-0.2, -0.15) is 5.10 Å². The van der Waals surface area contributed by atoms with Gasteiger partial charge in [0, 0.05) is 7.05 Å². The van der Waals surface area contributed by atoms with Crippen LogP contribution in [0.15, 0.2) is 18.2 Å². The molecule has 0 atom stereocenters. The number of nitrogens with zero attached hydrogens (tertiary/aromatic N) is 3. The van der Waals surface area contributed by atoms with Gasteiger partial charge in [0.25, 0.3) is 0 Å². The van der Waals surface area contributed by atoms with Crippen LogP contribution in [0.4, 0.5) is 11.4 Å². The molecule has 2 aromatic rings. The van der Waals surface area contributed by atoms with Gasteiger partial charge in [-0.1, -0.05) is 6.07 Å². The van der Waals surface area contributed by atoms with Gasteiger partial charge in [-0.05, 0) is 26.0 Å². The van der Waals surface area contributed by atoms with Gasteiger partial charge >= 0.3 is 5.69 Å². The normalized spacial score (nSPS) is 10.4. The van der Waals surface area contributed by atoms with Gasteiger partial charge in [0.1, 0.15) is 11.4 Å². The number of para-hydroxylation sites is 1. The number of nitro groups is 1. The second-order valence-corrected chi connectivity index (χ2v) is 4.28. The van der Waals surface area contributed by atoms with Crippen LogP contribution in [0.1, 0.15) is 11.4 Å². The molecule has 0 unspecified atom stereocenters. The standard InChI is InChI=1S/C12H15N5O3/c1-7-12(8(2)16(3)15-7)20-10-6-4-5-9(14-13)11(10)17(18)19/h4-6,14H,13H2,1-3H3. The number of nitro benzene ring substituents is 1. The van der Waals surface area contributed by atoms with Gasteiger partial charge in [-0.15, -0.1) is 0 Å². The van der Waals surface area contributed by atoms with E-state index in [1.807, 2.05) is 6.92 Å². The molecule has 0 bridgehead atoms. The zero-order valence-corrected chi connectivity index (χ0v) is 11.4. The van der Waals surface area contributed by atoms with Crippen molar-refractivity contribution in [1.29, 1.82) is 0 Å². The van der Waals surface area contributed by atoms with Crippen LogP contribution >= 0.6 is 0 Å². The maximum atomic E-state index is 11.2. The summed E-state index contributed by atoms with van der Waals surface area (Å²) in [7, 11) is 1.78. The van der Waals surface area contributed by atoms with Crippen LogP contribution in [0.25, 0.3) is 0 Å². The topological polar surface area (TPSA) is 108 Å². The molecule has 20 heavy (non-hydrogen) atoms. The molecule has 0 aliphatic heterocycles. The Morgan fingerprint density at radius 3 is 2.65 bits per heavy atom. The summed E-state index contributed by atoms with van der Waals surface area (Å²) in [5, 5.41) is 15.4. The minimum atomic E-state index is -0.536. The first-order valence-corrected chi connectivity index (χ1v) is 5.87. The highest BCUT2D eigenvalue weighted by Crippen LogP contribution is 2.38. The molecule has 0 aliphatic carbocycles. The molecule has 0 radical (unpaired) electrons. The van der Waals surface area contributed by atoms with Gasteiger partial charge in [0.05, 0.1) is 10.6 Å². The van der Waals surface area contributed by atoms with Crippen molar-refractivity contribution in [2.75, 3.05) is 5.43 Å². The largest absolute Gasteiger partial charge is 0.446 e. The minimum absolute atomic E-state index is 0.115. The lowest BCUT2D eigenvalue weighted by atomic mass is 10.2. The Balaban J connectivity index is 2.51. The molecule has 0 aliphatic rings. The molecule has 0 fully saturated rings. The number of hydrazine groups is 1. The van der Waals surface area contributed by atoms with Crippen molar-refractivity contribution in [2.45, 2.75) is 13.8 Å². The summed E-state index contributed by atoms with van der Waals surface area (Å²) in [4.78, 5) is 10.6. The number of nitrogen functional groups attached to an aromatic ring is 1. The number of aromatic nitrogens is 2. The van der Waals surface area contributed by atoms with Crippen molar-refractivity contribution >= 4 is 11.4 Å². The summed E-state index contributed by atoms with van der Waals surface area (Å²) in [6.45, 7) is 3.60. The van der Waals surface area contributed by atoms with E-state index in [9.17, 15) is 10.1 Å². The van der Waals surface area contributed by atoms with Gasteiger partial charge in [0.2, 0.25) is 5.75 Å². The zero-order chi connectivity index (χ0) is 14.9. The molecule has 0 saturated heterocycles. The number of anilines is 1. The van der Waals surface area contributed by atoms with Crippen LogP contribution in [0.5, 0.6) is 11.5 Å². The predicted octanol–water partition coefficient (Wildman–Crippen LogP) is 2.02. The van der Waals surface area contributed by atoms with Crippen molar-refractivity contribution in [3.63, 3.8) is 0 Å². The van der Waals surface area contributed by atoms with Crippen molar-refractivity contribution < 1.29 is 9.66 Å². The number of hydrogen-bond acceptors (Lipinski definition) is 6. The minimum Gasteiger partial charge on any atom is -0.446 e. The van der Waals surface area contributed by atoms with Crippen molar-refractivity contribution in [3.05, 3.63) is 39.7 Å². The van der Waals surface area contributed by atoms with Gasteiger partial charge < -0.3 is 10.2 Å². The van der Waals surface area contributed by atoms with Gasteiger partial charge in [0.15, 0.2) is 5.75 Å². The monoisotopic (exact) mass is 277 g/mol. The van der Waals surface area contributed by atoms with E-state index in [4.69, 9.17) is 10.6 Å². The smallest absolute Gasteiger partial charge is 0.335 e. The zero-order valence-electron chi connectivity index (χ0n) is 11.4. The molecule has 106 valence electrons. The van der Waals surface area contributed by atoms with Gasteiger partial charge in [-0.3, -0.25) is 20.6 Å². The molecule has 0 spiro atoms. The molecule has 1 aromatic heterocycles. The fourth-order valence-corrected chi connectivity index (χ4v) is 1.92. The summed E-state index contributed by atoms with van der Waals surface area (Å²) in [6.07, 6.45) is 0. The lowest BCUT2D eigenvalue weighted by Crippen LogP contribution is -2.09. The fraction of sp³-hybridized carbons (Fsp3) is 0.250. The van der Waals surface area contributed by atoms with E-state index in [2.05, 4.69) is 10.5 Å². The van der Waals surface area contributed by atoms with Crippen molar-refractivity contribution in [2.24, 2.45) is 12.9 Å². The van der Waals surface area contributed by atoms with Crippen LogP contribution in [0.3, 0.4) is 0 Å². The van der Waals surface area contributed by atoms with E-state index in [0.29, 0.717) is 11.4 Å². The third kappa shape index (κ3) is 2.28. The first-order valence-electron chi connectivity index (χ1n) is 5.87. The van der Waals surface area contributed by atoms with Crippen LogP contribution < -0.4 is 16.0 Å². The molecule has 8 nitrogen and oxygen atoms in total. The third-order valence-corrected chi connectivity index (χ3v) is 2.99. The van der Waals surface area contributed by atoms with Crippen LogP contribution in [0, 0.1) is 24.0 Å². The lowest BCUT2D eigenvalue weighted by Gasteiger charge is -2.09. The number of ether oxygens (including phenoxy) is 1. The Kier molecular flexibility index (Phi) is 3.57. The SMILES string of the molecule is Cc1nn(C)c(C)c1Oc1cccc(NN)c1[N+](=O)[O-]. The lowest BCUT2D eigenvalue weighted by molar-refractivity contribution is -0.384. The van der Waals surface area contributed by atoms with E-state index >= 15 is 0 Å². The second kappa shape index (κ2) is 5.17. The van der Waals surface area contributed by atoms with E-state index in [0.717, 1.165) is 5.69 Å². The molecule has 0 amide bonds. The molecular formula is C12H15N5O3. The Labute approximate surface area is 115 Å². The van der Waals surface area contributed by atoms with Crippen LogP contribution in [-0.4, -0.2) is 14.7 Å². The number of nitrogens with two attached hydrogens (primary N) is 1. The molecule has 1 heterocycles. The molecule has 3 N–H and O–H groups in total. The first-order chi connectivity index (χ1) is 9.45. The average molecular weight is 277 g/mol. The molecule has 2 rings (SSSR count). The summed E-state index contributed by atoms with van der Waals surface area (Å²) in [5.41, 5.74) is 3.71. The van der Waals surface area contributed by atoms with Crippen molar-refractivity contribution in [3.8, 4) is 11.5 Å². The fourth-order valence-electron chi connectivity index (χ4n) is 1.92. The molecule has 1 aromatic carbocycles. The van der Waals surface area contributed by atoms with Crippen molar-refractivity contribution in [1.82, 2.24) is 9.78 Å². The Hall–Kier alpha value is -2.61. The highest BCUT2D eigenvalue weighted by atomic mass is 16.6. The first kappa shape index (κ1) is 13.8. The Morgan fingerprint density at radius 2 is 2.15 bits per heavy atom. The van der Waals surface area contributed by atoms with E-state index in [-0.39, 0.29) is 17.1 Å². The Bertz CT molecular complexity index is 665. The van der Waals surface area contributed by atoms with Crippen LogP contribution in [0.2, 0.25) is 0 Å². The number of benzene rings is 1. The Morgan fingerprint density at radius 1 is 1.45 bits per heavy atom. The van der Waals surface area contributed by atoms with E-state index in [1.54, 1.807) is 24.7 Å². The maximum Gasteiger partial charge on any atom is 0.335 e. The highest BCUT2D eigenvalue weighted by Gasteiger charge is 2.23. The molecule has 0 saturated carbocycles. The highest BCUT2D eigenvalue weighted by molar-refractivity contribution is 5.68. The van der Waals surface area contributed by atoms with Gasteiger partial charge in [-0.25, -0.2) is 0 Å². The molecule has 8 heteroatoms. The predicted molar refractivity (Wildman–Crippen MR) is 73.7 cm³/mol. The summed E-state index contributed by atoms with van der Waals surface area (Å²) in [5.74, 6) is 5.91. The summed E-state index contributed by atoms with van der Waals surface area (Å²) >= 11 is 0. The summed E-state index contributed by atoms with van der Waals surface area (Å²) < 4.78 is 7.33. The number of rotatable bonds is 4.